The maximum Gasteiger partial charge on any atom is 0.219 e. The minimum atomic E-state index is 0.201. The summed E-state index contributed by atoms with van der Waals surface area (Å²) < 4.78 is 0. The summed E-state index contributed by atoms with van der Waals surface area (Å²) in [5.74, 6) is 1.48. The van der Waals surface area contributed by atoms with Gasteiger partial charge in [-0.1, -0.05) is 13.3 Å². The van der Waals surface area contributed by atoms with Crippen LogP contribution in [0.1, 0.15) is 45.4 Å². The molecule has 2 fully saturated rings. The Morgan fingerprint density at radius 1 is 1.33 bits per heavy atom. The summed E-state index contributed by atoms with van der Waals surface area (Å²) in [5, 5.41) is 3.20. The molecular weight excluding hydrogens is 188 g/mol. The highest BCUT2D eigenvalue weighted by Gasteiger charge is 2.39. The highest BCUT2D eigenvalue weighted by atomic mass is 16.1. The zero-order chi connectivity index (χ0) is 10.8. The summed E-state index contributed by atoms with van der Waals surface area (Å²) in [6.07, 6.45) is 6.62. The van der Waals surface area contributed by atoms with Crippen molar-refractivity contribution in [3.8, 4) is 0 Å². The third kappa shape index (κ3) is 2.33. The first-order chi connectivity index (χ1) is 7.20. The van der Waals surface area contributed by atoms with Crippen LogP contribution in [0, 0.1) is 11.8 Å². The van der Waals surface area contributed by atoms with Crippen molar-refractivity contribution in [2.45, 2.75) is 57.5 Å². The summed E-state index contributed by atoms with van der Waals surface area (Å²) in [6.45, 7) is 1.92. The SMILES string of the molecule is CCC(=O)NC1C2CCCC1CC(N)C2. The fourth-order valence-electron chi connectivity index (χ4n) is 3.31. The van der Waals surface area contributed by atoms with Crippen LogP contribution in [0.4, 0.5) is 0 Å². The lowest BCUT2D eigenvalue weighted by Crippen LogP contribution is -2.53. The van der Waals surface area contributed by atoms with Crippen molar-refractivity contribution in [2.24, 2.45) is 17.6 Å². The van der Waals surface area contributed by atoms with Gasteiger partial charge >= 0.3 is 0 Å². The van der Waals surface area contributed by atoms with Gasteiger partial charge in [-0.2, -0.15) is 0 Å². The van der Waals surface area contributed by atoms with E-state index in [0.717, 1.165) is 12.8 Å². The maximum atomic E-state index is 11.5. The van der Waals surface area contributed by atoms with Gasteiger partial charge in [-0.3, -0.25) is 4.79 Å². The summed E-state index contributed by atoms with van der Waals surface area (Å²) in [4.78, 5) is 11.5. The van der Waals surface area contributed by atoms with Gasteiger partial charge in [0.2, 0.25) is 5.91 Å². The van der Waals surface area contributed by atoms with Crippen LogP contribution in [0.25, 0.3) is 0 Å². The molecule has 0 aliphatic heterocycles. The van der Waals surface area contributed by atoms with E-state index in [9.17, 15) is 4.79 Å². The number of nitrogens with one attached hydrogen (secondary N) is 1. The minimum Gasteiger partial charge on any atom is -0.353 e. The second-order valence-corrected chi connectivity index (χ2v) is 5.13. The van der Waals surface area contributed by atoms with Crippen molar-refractivity contribution in [3.63, 3.8) is 0 Å². The van der Waals surface area contributed by atoms with E-state index in [1.165, 1.54) is 19.3 Å². The van der Waals surface area contributed by atoms with Gasteiger partial charge in [0.1, 0.15) is 0 Å². The molecule has 86 valence electrons. The predicted octanol–water partition coefficient (Wildman–Crippen LogP) is 1.42. The van der Waals surface area contributed by atoms with Crippen LogP contribution >= 0.6 is 0 Å². The number of nitrogens with two attached hydrogens (primary N) is 1. The summed E-state index contributed by atoms with van der Waals surface area (Å²) >= 11 is 0. The number of hydrogen-bond acceptors (Lipinski definition) is 2. The van der Waals surface area contributed by atoms with Crippen molar-refractivity contribution in [1.82, 2.24) is 5.32 Å². The lowest BCUT2D eigenvalue weighted by molar-refractivity contribution is -0.123. The molecule has 2 unspecified atom stereocenters. The molecule has 2 rings (SSSR count). The molecule has 2 aliphatic carbocycles. The molecule has 3 N–H and O–H groups in total. The van der Waals surface area contributed by atoms with Crippen molar-refractivity contribution < 1.29 is 4.79 Å². The Labute approximate surface area is 91.8 Å². The van der Waals surface area contributed by atoms with Crippen LogP contribution in [0.3, 0.4) is 0 Å². The van der Waals surface area contributed by atoms with Gasteiger partial charge in [0.05, 0.1) is 0 Å². The van der Waals surface area contributed by atoms with E-state index >= 15 is 0 Å². The van der Waals surface area contributed by atoms with Gasteiger partial charge in [0.25, 0.3) is 0 Å². The molecule has 0 radical (unpaired) electrons. The first kappa shape index (κ1) is 10.9. The van der Waals surface area contributed by atoms with E-state index in [2.05, 4.69) is 5.32 Å². The molecule has 3 nitrogen and oxygen atoms in total. The summed E-state index contributed by atoms with van der Waals surface area (Å²) in [7, 11) is 0. The molecule has 0 heterocycles. The topological polar surface area (TPSA) is 55.1 Å². The lowest BCUT2D eigenvalue weighted by Gasteiger charge is -2.45. The molecule has 2 aliphatic rings. The van der Waals surface area contributed by atoms with Gasteiger partial charge < -0.3 is 11.1 Å². The van der Waals surface area contributed by atoms with E-state index < -0.39 is 0 Å². The zero-order valence-corrected chi connectivity index (χ0v) is 9.54. The smallest absolute Gasteiger partial charge is 0.219 e. The summed E-state index contributed by atoms with van der Waals surface area (Å²) in [5.41, 5.74) is 6.04. The lowest BCUT2D eigenvalue weighted by atomic mass is 9.67. The Balaban J connectivity index is 2.01. The highest BCUT2D eigenvalue weighted by molar-refractivity contribution is 5.75. The Kier molecular flexibility index (Phi) is 3.29. The molecule has 1 amide bonds. The molecule has 0 aromatic heterocycles. The molecule has 2 bridgehead atoms. The molecule has 0 spiro atoms. The van der Waals surface area contributed by atoms with Crippen LogP contribution in [0.2, 0.25) is 0 Å². The van der Waals surface area contributed by atoms with Crippen LogP contribution in [0.5, 0.6) is 0 Å². The van der Waals surface area contributed by atoms with Gasteiger partial charge in [0.15, 0.2) is 0 Å². The highest BCUT2D eigenvalue weighted by Crippen LogP contribution is 2.39. The third-order valence-corrected chi connectivity index (χ3v) is 4.03. The number of fused-ring (bicyclic) bond motifs is 2. The first-order valence-electron chi connectivity index (χ1n) is 6.25. The molecule has 3 heteroatoms. The molecule has 15 heavy (non-hydrogen) atoms. The van der Waals surface area contributed by atoms with Crippen LogP contribution in [-0.2, 0) is 4.79 Å². The van der Waals surface area contributed by atoms with Crippen molar-refractivity contribution >= 4 is 5.91 Å². The molecule has 0 aromatic rings. The molecule has 2 saturated carbocycles. The van der Waals surface area contributed by atoms with Gasteiger partial charge in [0, 0.05) is 18.5 Å². The normalized spacial score (nSPS) is 39.9. The van der Waals surface area contributed by atoms with Crippen molar-refractivity contribution in [2.75, 3.05) is 0 Å². The first-order valence-corrected chi connectivity index (χ1v) is 6.25. The molecule has 0 saturated heterocycles. The van der Waals surface area contributed by atoms with E-state index in [1.807, 2.05) is 6.92 Å². The Hall–Kier alpha value is -0.570. The van der Waals surface area contributed by atoms with Crippen LogP contribution in [-0.4, -0.2) is 18.0 Å². The van der Waals surface area contributed by atoms with Gasteiger partial charge in [-0.25, -0.2) is 0 Å². The molecule has 2 atom stereocenters. The molecule has 0 aromatic carbocycles. The monoisotopic (exact) mass is 210 g/mol. The van der Waals surface area contributed by atoms with Crippen molar-refractivity contribution in [3.05, 3.63) is 0 Å². The average molecular weight is 210 g/mol. The second-order valence-electron chi connectivity index (χ2n) is 5.13. The van der Waals surface area contributed by atoms with Crippen LogP contribution < -0.4 is 11.1 Å². The number of hydrogen-bond donors (Lipinski definition) is 2. The minimum absolute atomic E-state index is 0.201. The molecular formula is C12H22N2O. The Morgan fingerprint density at radius 3 is 2.47 bits per heavy atom. The van der Waals surface area contributed by atoms with Gasteiger partial charge in [-0.05, 0) is 37.5 Å². The third-order valence-electron chi connectivity index (χ3n) is 4.03. The van der Waals surface area contributed by atoms with E-state index in [4.69, 9.17) is 5.73 Å². The Morgan fingerprint density at radius 2 is 1.93 bits per heavy atom. The largest absolute Gasteiger partial charge is 0.353 e. The van der Waals surface area contributed by atoms with Crippen LogP contribution in [0.15, 0.2) is 0 Å². The standard InChI is InChI=1S/C12H22N2O/c1-2-11(15)14-12-8-4-3-5-9(12)7-10(13)6-8/h8-10,12H,2-7,13H2,1H3,(H,14,15). The number of amides is 1. The van der Waals surface area contributed by atoms with E-state index in [0.29, 0.717) is 30.3 Å². The fraction of sp³-hybridized carbons (Fsp3) is 0.917. The second kappa shape index (κ2) is 4.52. The number of carbonyl (C=O) groups excluding carboxylic acids is 1. The zero-order valence-electron chi connectivity index (χ0n) is 9.54. The van der Waals surface area contributed by atoms with E-state index in [-0.39, 0.29) is 5.91 Å². The quantitative estimate of drug-likeness (QED) is 0.724. The number of carbonyl (C=O) groups is 1. The fourth-order valence-corrected chi connectivity index (χ4v) is 3.31. The predicted molar refractivity (Wildman–Crippen MR) is 60.3 cm³/mol. The average Bonchev–Trinajstić information content (AvgIpc) is 2.19. The Bertz CT molecular complexity index is 228. The number of rotatable bonds is 2. The maximum absolute atomic E-state index is 11.5. The van der Waals surface area contributed by atoms with Gasteiger partial charge in [-0.15, -0.1) is 0 Å². The summed E-state index contributed by atoms with van der Waals surface area (Å²) in [6, 6.07) is 0.793. The van der Waals surface area contributed by atoms with E-state index in [1.54, 1.807) is 0 Å². The van der Waals surface area contributed by atoms with Crippen molar-refractivity contribution in [1.29, 1.82) is 0 Å².